The molecule has 1 heterocycles. The molecule has 4 nitrogen and oxygen atoms in total. The third kappa shape index (κ3) is 5.19. The van der Waals surface area contributed by atoms with Crippen molar-refractivity contribution in [3.63, 3.8) is 0 Å². The van der Waals surface area contributed by atoms with Gasteiger partial charge in [-0.3, -0.25) is 4.79 Å². The van der Waals surface area contributed by atoms with E-state index in [1.54, 1.807) is 0 Å². The largest absolute Gasteiger partial charge is 0.356 e. The Morgan fingerprint density at radius 1 is 1.00 bits per heavy atom. The minimum Gasteiger partial charge on any atom is -0.356 e. The van der Waals surface area contributed by atoms with E-state index in [1.165, 1.54) is 0 Å². The molecule has 5 heteroatoms. The first kappa shape index (κ1) is 17.2. The summed E-state index contributed by atoms with van der Waals surface area (Å²) >= 11 is 5.86. The lowest BCUT2D eigenvalue weighted by Gasteiger charge is -2.05. The SMILES string of the molecule is O=C(CCc1ccc(Cl)cc1)NCCc1cnn(-c2ccccc2)c1. The second-order valence-electron chi connectivity index (χ2n) is 5.86. The number of hydrogen-bond donors (Lipinski definition) is 1. The summed E-state index contributed by atoms with van der Waals surface area (Å²) in [5.41, 5.74) is 3.24. The Kier molecular flexibility index (Phi) is 5.86. The summed E-state index contributed by atoms with van der Waals surface area (Å²) in [5, 5.41) is 8.03. The van der Waals surface area contributed by atoms with Crippen LogP contribution in [0.1, 0.15) is 17.5 Å². The zero-order valence-electron chi connectivity index (χ0n) is 13.9. The van der Waals surface area contributed by atoms with Gasteiger partial charge in [0.25, 0.3) is 0 Å². The fourth-order valence-electron chi connectivity index (χ4n) is 2.55. The molecule has 2 aromatic carbocycles. The fraction of sp³-hybridized carbons (Fsp3) is 0.200. The minimum atomic E-state index is 0.0606. The number of nitrogens with zero attached hydrogens (tertiary/aromatic N) is 2. The van der Waals surface area contributed by atoms with Crippen LogP contribution in [0.4, 0.5) is 0 Å². The molecule has 0 saturated heterocycles. The lowest BCUT2D eigenvalue weighted by Crippen LogP contribution is -2.25. The Balaban J connectivity index is 1.41. The van der Waals surface area contributed by atoms with Crippen LogP contribution in [0, 0.1) is 0 Å². The van der Waals surface area contributed by atoms with Gasteiger partial charge in [0.15, 0.2) is 0 Å². The van der Waals surface area contributed by atoms with Gasteiger partial charge >= 0.3 is 0 Å². The number of nitrogens with one attached hydrogen (secondary N) is 1. The van der Waals surface area contributed by atoms with Gasteiger partial charge < -0.3 is 5.32 Å². The molecular formula is C20H20ClN3O. The summed E-state index contributed by atoms with van der Waals surface area (Å²) in [6, 6.07) is 17.6. The number of carbonyl (C=O) groups is 1. The van der Waals surface area contributed by atoms with Gasteiger partial charge in [-0.25, -0.2) is 4.68 Å². The Bertz CT molecular complexity index is 812. The molecule has 0 saturated carbocycles. The average molecular weight is 354 g/mol. The maximum Gasteiger partial charge on any atom is 0.220 e. The van der Waals surface area contributed by atoms with Crippen molar-refractivity contribution in [2.75, 3.05) is 6.54 Å². The average Bonchev–Trinajstić information content (AvgIpc) is 3.11. The molecule has 0 atom stereocenters. The molecule has 128 valence electrons. The molecule has 0 aliphatic heterocycles. The van der Waals surface area contributed by atoms with Crippen molar-refractivity contribution in [3.8, 4) is 5.69 Å². The number of para-hydroxylation sites is 1. The third-order valence-electron chi connectivity index (χ3n) is 3.95. The number of carbonyl (C=O) groups excluding carboxylic acids is 1. The lowest BCUT2D eigenvalue weighted by molar-refractivity contribution is -0.121. The third-order valence-corrected chi connectivity index (χ3v) is 4.20. The number of aryl methyl sites for hydroxylation is 1. The van der Waals surface area contributed by atoms with Gasteiger partial charge in [-0.2, -0.15) is 5.10 Å². The topological polar surface area (TPSA) is 46.9 Å². The van der Waals surface area contributed by atoms with Crippen molar-refractivity contribution in [2.24, 2.45) is 0 Å². The highest BCUT2D eigenvalue weighted by atomic mass is 35.5. The Morgan fingerprint density at radius 3 is 2.52 bits per heavy atom. The quantitative estimate of drug-likeness (QED) is 0.702. The van der Waals surface area contributed by atoms with Crippen LogP contribution in [-0.4, -0.2) is 22.2 Å². The molecule has 1 amide bonds. The summed E-state index contributed by atoms with van der Waals surface area (Å²) in [5.74, 6) is 0.0606. The predicted molar refractivity (Wildman–Crippen MR) is 100 cm³/mol. The van der Waals surface area contributed by atoms with Crippen LogP contribution in [0.5, 0.6) is 0 Å². The number of halogens is 1. The van der Waals surface area contributed by atoms with Gasteiger partial charge in [0.2, 0.25) is 5.91 Å². The number of hydrogen-bond acceptors (Lipinski definition) is 2. The highest BCUT2D eigenvalue weighted by Crippen LogP contribution is 2.11. The van der Waals surface area contributed by atoms with Crippen LogP contribution in [0.3, 0.4) is 0 Å². The van der Waals surface area contributed by atoms with Crippen LogP contribution in [0.2, 0.25) is 5.02 Å². The first-order valence-electron chi connectivity index (χ1n) is 8.31. The van der Waals surface area contributed by atoms with Crippen LogP contribution < -0.4 is 5.32 Å². The summed E-state index contributed by atoms with van der Waals surface area (Å²) in [4.78, 5) is 11.9. The zero-order chi connectivity index (χ0) is 17.5. The molecule has 0 aliphatic rings. The van der Waals surface area contributed by atoms with Gasteiger partial charge in [0.1, 0.15) is 0 Å². The molecule has 3 rings (SSSR count). The lowest BCUT2D eigenvalue weighted by atomic mass is 10.1. The van der Waals surface area contributed by atoms with Crippen LogP contribution >= 0.6 is 11.6 Å². The highest BCUT2D eigenvalue weighted by Gasteiger charge is 2.04. The van der Waals surface area contributed by atoms with Crippen molar-refractivity contribution in [3.05, 3.63) is 83.1 Å². The number of amides is 1. The fourth-order valence-corrected chi connectivity index (χ4v) is 2.68. The minimum absolute atomic E-state index is 0.0606. The maximum atomic E-state index is 11.9. The molecule has 1 aromatic heterocycles. The van der Waals surface area contributed by atoms with Crippen LogP contribution in [-0.2, 0) is 17.6 Å². The van der Waals surface area contributed by atoms with Crippen molar-refractivity contribution in [1.29, 1.82) is 0 Å². The molecular weight excluding hydrogens is 334 g/mol. The van der Waals surface area contributed by atoms with E-state index in [4.69, 9.17) is 11.6 Å². The summed E-state index contributed by atoms with van der Waals surface area (Å²) in [6.45, 7) is 0.611. The van der Waals surface area contributed by atoms with E-state index < -0.39 is 0 Å². The molecule has 0 bridgehead atoms. The van der Waals surface area contributed by atoms with Crippen molar-refractivity contribution >= 4 is 17.5 Å². The highest BCUT2D eigenvalue weighted by molar-refractivity contribution is 6.30. The summed E-state index contributed by atoms with van der Waals surface area (Å²) < 4.78 is 1.84. The van der Waals surface area contributed by atoms with E-state index in [0.29, 0.717) is 18.0 Å². The first-order chi connectivity index (χ1) is 12.2. The van der Waals surface area contributed by atoms with Crippen molar-refractivity contribution in [2.45, 2.75) is 19.3 Å². The molecule has 0 spiro atoms. The number of rotatable bonds is 7. The summed E-state index contributed by atoms with van der Waals surface area (Å²) in [7, 11) is 0. The number of benzene rings is 2. The molecule has 25 heavy (non-hydrogen) atoms. The molecule has 0 fully saturated rings. The van der Waals surface area contributed by atoms with E-state index in [1.807, 2.05) is 71.7 Å². The standard InChI is InChI=1S/C20H20ClN3O/c21-18-9-6-16(7-10-18)8-11-20(25)22-13-12-17-14-23-24(15-17)19-4-2-1-3-5-19/h1-7,9-10,14-15H,8,11-13H2,(H,22,25). The summed E-state index contributed by atoms with van der Waals surface area (Å²) in [6.07, 6.45) is 5.79. The smallest absolute Gasteiger partial charge is 0.220 e. The van der Waals surface area contributed by atoms with E-state index in [0.717, 1.165) is 29.7 Å². The zero-order valence-corrected chi connectivity index (χ0v) is 14.6. The van der Waals surface area contributed by atoms with E-state index >= 15 is 0 Å². The maximum absolute atomic E-state index is 11.9. The van der Waals surface area contributed by atoms with Gasteiger partial charge in [0.05, 0.1) is 11.9 Å². The van der Waals surface area contributed by atoms with Gasteiger partial charge in [0, 0.05) is 24.2 Å². The first-order valence-corrected chi connectivity index (χ1v) is 8.68. The second-order valence-corrected chi connectivity index (χ2v) is 6.29. The Labute approximate surface area is 152 Å². The predicted octanol–water partition coefficient (Wildman–Crippen LogP) is 3.82. The molecule has 0 radical (unpaired) electrons. The molecule has 0 aliphatic carbocycles. The van der Waals surface area contributed by atoms with Crippen LogP contribution in [0.25, 0.3) is 5.69 Å². The van der Waals surface area contributed by atoms with Gasteiger partial charge in [-0.15, -0.1) is 0 Å². The van der Waals surface area contributed by atoms with E-state index in [2.05, 4.69) is 10.4 Å². The molecule has 0 unspecified atom stereocenters. The second kappa shape index (κ2) is 8.49. The molecule has 1 N–H and O–H groups in total. The van der Waals surface area contributed by atoms with E-state index in [-0.39, 0.29) is 5.91 Å². The Morgan fingerprint density at radius 2 is 1.76 bits per heavy atom. The van der Waals surface area contributed by atoms with Gasteiger partial charge in [-0.1, -0.05) is 41.9 Å². The van der Waals surface area contributed by atoms with Crippen molar-refractivity contribution < 1.29 is 4.79 Å². The normalized spacial score (nSPS) is 10.6. The van der Waals surface area contributed by atoms with Crippen molar-refractivity contribution in [1.82, 2.24) is 15.1 Å². The molecule has 3 aromatic rings. The Hall–Kier alpha value is -2.59. The van der Waals surface area contributed by atoms with Gasteiger partial charge in [-0.05, 0) is 48.2 Å². The monoisotopic (exact) mass is 353 g/mol. The van der Waals surface area contributed by atoms with Crippen LogP contribution in [0.15, 0.2) is 67.0 Å². The number of aromatic nitrogens is 2. The van der Waals surface area contributed by atoms with E-state index in [9.17, 15) is 4.79 Å².